The lowest BCUT2D eigenvalue weighted by Gasteiger charge is -2.39. The Hall–Kier alpha value is -3.10. The fourth-order valence-corrected chi connectivity index (χ4v) is 4.19. The van der Waals surface area contributed by atoms with Gasteiger partial charge in [-0.05, 0) is 48.6 Å². The third-order valence-corrected chi connectivity index (χ3v) is 6.73. The van der Waals surface area contributed by atoms with Crippen LogP contribution in [0.5, 0.6) is 0 Å². The first-order chi connectivity index (χ1) is 16.3. The third-order valence-electron chi connectivity index (χ3n) is 6.37. The van der Waals surface area contributed by atoms with Crippen LogP contribution in [0.3, 0.4) is 0 Å². The molecule has 3 amide bonds. The molecule has 2 aromatic carbocycles. The maximum atomic E-state index is 13.3. The highest BCUT2D eigenvalue weighted by atomic mass is 35.5. The molecule has 0 saturated carbocycles. The Balaban J connectivity index is 1.78. The summed E-state index contributed by atoms with van der Waals surface area (Å²) in [7, 11) is 0. The molecule has 0 unspecified atom stereocenters. The number of aryl methyl sites for hydroxylation is 1. The predicted octanol–water partition coefficient (Wildman–Crippen LogP) is 3.13. The number of rotatable bonds is 8. The molecule has 0 spiro atoms. The van der Waals surface area contributed by atoms with Gasteiger partial charge in [0.05, 0.1) is 12.0 Å². The third kappa shape index (κ3) is 5.87. The molecule has 34 heavy (non-hydrogen) atoms. The number of anilines is 1. The number of hydrogen-bond donors (Lipinski definition) is 2. The fourth-order valence-electron chi connectivity index (χ4n) is 3.99. The molecule has 3 rings (SSSR count). The van der Waals surface area contributed by atoms with Crippen LogP contribution in [0.15, 0.2) is 48.5 Å². The Morgan fingerprint density at radius 3 is 2.32 bits per heavy atom. The number of benzene rings is 2. The van der Waals surface area contributed by atoms with Crippen LogP contribution in [0.4, 0.5) is 10.5 Å². The van der Waals surface area contributed by atoms with Gasteiger partial charge in [-0.15, -0.1) is 0 Å². The molecule has 0 aliphatic carbocycles. The van der Waals surface area contributed by atoms with Crippen molar-refractivity contribution in [1.29, 1.82) is 0 Å². The molecule has 1 saturated heterocycles. The van der Waals surface area contributed by atoms with Crippen molar-refractivity contribution in [3.05, 3.63) is 64.7 Å². The fraction of sp³-hybridized carbons (Fsp3) is 0.400. The Kier molecular flexibility index (Phi) is 8.52. The van der Waals surface area contributed by atoms with Gasteiger partial charge in [-0.2, -0.15) is 0 Å². The molecule has 8 nitrogen and oxygen atoms in total. The van der Waals surface area contributed by atoms with E-state index in [1.54, 1.807) is 6.07 Å². The van der Waals surface area contributed by atoms with Gasteiger partial charge in [-0.1, -0.05) is 48.9 Å². The maximum absolute atomic E-state index is 13.3. The van der Waals surface area contributed by atoms with Gasteiger partial charge in [0.15, 0.2) is 0 Å². The number of carbonyl (C=O) groups is 3. The number of amides is 3. The van der Waals surface area contributed by atoms with E-state index in [0.29, 0.717) is 10.7 Å². The van der Waals surface area contributed by atoms with E-state index in [-0.39, 0.29) is 39.1 Å². The minimum absolute atomic E-state index is 0.187. The largest absolute Gasteiger partial charge is 0.448 e. The van der Waals surface area contributed by atoms with Crippen molar-refractivity contribution < 1.29 is 24.2 Å². The summed E-state index contributed by atoms with van der Waals surface area (Å²) in [4.78, 5) is 40.3. The SMILES string of the molecule is CCc1ccc(N(Cc2ccccc2Cl)C(=O)OCC2(C(N)=O)CCN(C(=O)CO)CC2)cc1. The van der Waals surface area contributed by atoms with Crippen molar-refractivity contribution in [3.8, 4) is 0 Å². The van der Waals surface area contributed by atoms with E-state index in [0.717, 1.165) is 17.5 Å². The van der Waals surface area contributed by atoms with Crippen LogP contribution in [0.2, 0.25) is 5.02 Å². The second kappa shape index (κ2) is 11.4. The van der Waals surface area contributed by atoms with Crippen LogP contribution in [-0.4, -0.2) is 54.2 Å². The lowest BCUT2D eigenvalue weighted by atomic mass is 9.78. The number of nitrogens with zero attached hydrogens (tertiary/aromatic N) is 2. The Bertz CT molecular complexity index is 1020. The number of aliphatic hydroxyl groups excluding tert-OH is 1. The molecule has 1 aliphatic rings. The van der Waals surface area contributed by atoms with Crippen LogP contribution in [-0.2, 0) is 27.3 Å². The highest BCUT2D eigenvalue weighted by Crippen LogP contribution is 2.32. The van der Waals surface area contributed by atoms with Crippen molar-refractivity contribution in [2.24, 2.45) is 11.1 Å². The van der Waals surface area contributed by atoms with E-state index >= 15 is 0 Å². The molecular formula is C25H30ClN3O5. The highest BCUT2D eigenvalue weighted by molar-refractivity contribution is 6.31. The van der Waals surface area contributed by atoms with Crippen LogP contribution in [0, 0.1) is 5.41 Å². The predicted molar refractivity (Wildman–Crippen MR) is 129 cm³/mol. The molecule has 1 heterocycles. The average Bonchev–Trinajstić information content (AvgIpc) is 2.86. The number of likely N-dealkylation sites (tertiary alicyclic amines) is 1. The highest BCUT2D eigenvalue weighted by Gasteiger charge is 2.42. The molecule has 1 aliphatic heterocycles. The summed E-state index contributed by atoms with van der Waals surface area (Å²) < 4.78 is 5.64. The van der Waals surface area contributed by atoms with Crippen LogP contribution < -0.4 is 10.6 Å². The van der Waals surface area contributed by atoms with Crippen molar-refractivity contribution in [3.63, 3.8) is 0 Å². The molecular weight excluding hydrogens is 458 g/mol. The molecule has 0 radical (unpaired) electrons. The maximum Gasteiger partial charge on any atom is 0.414 e. The van der Waals surface area contributed by atoms with Gasteiger partial charge >= 0.3 is 6.09 Å². The van der Waals surface area contributed by atoms with Gasteiger partial charge in [-0.25, -0.2) is 4.79 Å². The number of ether oxygens (including phenoxy) is 1. The van der Waals surface area contributed by atoms with Crippen molar-refractivity contribution >= 4 is 35.2 Å². The van der Waals surface area contributed by atoms with E-state index in [1.165, 1.54) is 9.80 Å². The molecule has 2 aromatic rings. The Labute approximate surface area is 204 Å². The molecule has 1 fully saturated rings. The van der Waals surface area contributed by atoms with Crippen LogP contribution >= 0.6 is 11.6 Å². The van der Waals surface area contributed by atoms with Gasteiger partial charge in [0, 0.05) is 23.8 Å². The molecule has 182 valence electrons. The molecule has 0 aromatic heterocycles. The summed E-state index contributed by atoms with van der Waals surface area (Å²) in [5, 5.41) is 9.61. The monoisotopic (exact) mass is 487 g/mol. The summed E-state index contributed by atoms with van der Waals surface area (Å²) in [5.74, 6) is -0.988. The molecule has 0 atom stereocenters. The van der Waals surface area contributed by atoms with E-state index in [9.17, 15) is 14.4 Å². The first-order valence-electron chi connectivity index (χ1n) is 11.2. The standard InChI is InChI=1S/C25H30ClN3O5/c1-2-18-7-9-20(10-8-18)29(15-19-5-3-4-6-21(19)26)24(33)34-17-25(23(27)32)11-13-28(14-12-25)22(31)16-30/h3-10,30H,2,11-17H2,1H3,(H2,27,32). The summed E-state index contributed by atoms with van der Waals surface area (Å²) in [6.45, 7) is 1.95. The number of piperidine rings is 1. The number of carbonyl (C=O) groups excluding carboxylic acids is 3. The summed E-state index contributed by atoms with van der Waals surface area (Å²) in [6, 6.07) is 14.8. The van der Waals surface area contributed by atoms with E-state index < -0.39 is 29.9 Å². The van der Waals surface area contributed by atoms with E-state index in [4.69, 9.17) is 27.2 Å². The van der Waals surface area contributed by atoms with Crippen molar-refractivity contribution in [1.82, 2.24) is 4.90 Å². The smallest absolute Gasteiger partial charge is 0.414 e. The molecule has 9 heteroatoms. The van der Waals surface area contributed by atoms with Gasteiger partial charge in [0.2, 0.25) is 11.8 Å². The zero-order chi connectivity index (χ0) is 24.7. The second-order valence-electron chi connectivity index (χ2n) is 8.44. The lowest BCUT2D eigenvalue weighted by Crippen LogP contribution is -2.52. The first kappa shape index (κ1) is 25.5. The van der Waals surface area contributed by atoms with Crippen molar-refractivity contribution in [2.45, 2.75) is 32.7 Å². The van der Waals surface area contributed by atoms with Crippen molar-refractivity contribution in [2.75, 3.05) is 31.2 Å². The lowest BCUT2D eigenvalue weighted by molar-refractivity contribution is -0.142. The number of halogens is 1. The number of aliphatic hydroxyl groups is 1. The average molecular weight is 488 g/mol. The Morgan fingerprint density at radius 1 is 1.12 bits per heavy atom. The van der Waals surface area contributed by atoms with Gasteiger partial charge in [0.1, 0.15) is 13.2 Å². The molecule has 0 bridgehead atoms. The summed E-state index contributed by atoms with van der Waals surface area (Å²) in [6.07, 6.45) is 0.735. The second-order valence-corrected chi connectivity index (χ2v) is 8.84. The number of hydrogen-bond acceptors (Lipinski definition) is 5. The van der Waals surface area contributed by atoms with Gasteiger partial charge < -0.3 is 20.5 Å². The zero-order valence-corrected chi connectivity index (χ0v) is 20.0. The van der Waals surface area contributed by atoms with Gasteiger partial charge in [-0.3, -0.25) is 14.5 Å². The van der Waals surface area contributed by atoms with Crippen LogP contribution in [0.25, 0.3) is 0 Å². The van der Waals surface area contributed by atoms with E-state index in [1.807, 2.05) is 49.4 Å². The minimum atomic E-state index is -1.08. The zero-order valence-electron chi connectivity index (χ0n) is 19.2. The van der Waals surface area contributed by atoms with Gasteiger partial charge in [0.25, 0.3) is 0 Å². The number of nitrogens with two attached hydrogens (primary N) is 1. The molecule has 3 N–H and O–H groups in total. The van der Waals surface area contributed by atoms with E-state index in [2.05, 4.69) is 0 Å². The van der Waals surface area contributed by atoms with Crippen LogP contribution in [0.1, 0.15) is 30.9 Å². The topological polar surface area (TPSA) is 113 Å². The quantitative estimate of drug-likeness (QED) is 0.594. The Morgan fingerprint density at radius 2 is 1.76 bits per heavy atom. The summed E-state index contributed by atoms with van der Waals surface area (Å²) >= 11 is 6.33. The first-order valence-corrected chi connectivity index (χ1v) is 11.6. The summed E-state index contributed by atoms with van der Waals surface area (Å²) in [5.41, 5.74) is 7.13. The number of primary amides is 1. The normalized spacial score (nSPS) is 15.0. The minimum Gasteiger partial charge on any atom is -0.448 e.